The average Bonchev–Trinajstić information content (AvgIpc) is 2.70. The minimum absolute atomic E-state index is 1.08. The van der Waals surface area contributed by atoms with Crippen LogP contribution in [-0.4, -0.2) is 5.75 Å². The molecular formula is C22H22IPS. The van der Waals surface area contributed by atoms with Crippen molar-refractivity contribution in [3.05, 3.63) is 102 Å². The number of thioether (sulfide) groups is 1. The van der Waals surface area contributed by atoms with Crippen molar-refractivity contribution in [1.29, 1.82) is 0 Å². The zero-order chi connectivity index (χ0) is 17.6. The normalized spacial score (nSPS) is 13.4. The molecule has 3 heteroatoms. The molecule has 128 valence electrons. The molecule has 0 amide bonds. The molecule has 3 rings (SSSR count). The summed E-state index contributed by atoms with van der Waals surface area (Å²) in [6.07, 6.45) is 0. The van der Waals surface area contributed by atoms with Crippen LogP contribution in [0.15, 0.2) is 102 Å². The van der Waals surface area contributed by atoms with Crippen LogP contribution in [0.3, 0.4) is 0 Å². The van der Waals surface area contributed by atoms with Gasteiger partial charge in [-0.2, -0.15) is 0 Å². The first-order valence-electron chi connectivity index (χ1n) is 8.39. The van der Waals surface area contributed by atoms with Crippen LogP contribution < -0.4 is 15.9 Å². The molecule has 0 aliphatic rings. The number of halogens is 1. The molecule has 3 aromatic rings. The van der Waals surface area contributed by atoms with Gasteiger partial charge in [0.25, 0.3) is 0 Å². The van der Waals surface area contributed by atoms with Gasteiger partial charge in [0.1, 0.15) is 0 Å². The van der Waals surface area contributed by atoms with Crippen LogP contribution in [-0.2, 0) is 0 Å². The zero-order valence-electron chi connectivity index (χ0n) is 14.3. The Morgan fingerprint density at radius 2 is 1.08 bits per heavy atom. The van der Waals surface area contributed by atoms with E-state index in [0.29, 0.717) is 0 Å². The molecule has 0 spiro atoms. The summed E-state index contributed by atoms with van der Waals surface area (Å²) in [5, 5.41) is 6.47. The molecule has 0 aliphatic carbocycles. The summed E-state index contributed by atoms with van der Waals surface area (Å²) in [6, 6.07) is 32.9. The molecule has 0 unspecified atom stereocenters. The third-order valence-electron chi connectivity index (χ3n) is 4.39. The summed E-state index contributed by atoms with van der Waals surface area (Å²) in [6.45, 7) is 2.20. The van der Waals surface area contributed by atoms with Crippen molar-refractivity contribution in [2.75, 3.05) is 5.75 Å². The van der Waals surface area contributed by atoms with E-state index in [1.54, 1.807) is 0 Å². The van der Waals surface area contributed by atoms with E-state index in [4.69, 9.17) is 0 Å². The van der Waals surface area contributed by atoms with Crippen molar-refractivity contribution < 1.29 is 0 Å². The van der Waals surface area contributed by atoms with Crippen molar-refractivity contribution >= 4 is 54.0 Å². The number of hydrogen-bond donors (Lipinski definition) is 0. The molecule has 0 N–H and O–H groups in total. The predicted octanol–water partition coefficient (Wildman–Crippen LogP) is 6.09. The molecule has 25 heavy (non-hydrogen) atoms. The fraction of sp³-hybridized carbons (Fsp3) is 0.0909. The number of hydrogen-bond acceptors (Lipinski definition) is 1. The summed E-state index contributed by atoms with van der Waals surface area (Å²) < 4.78 is -2.70. The third kappa shape index (κ3) is 3.45. The summed E-state index contributed by atoms with van der Waals surface area (Å²) in [5.41, 5.74) is 0. The Morgan fingerprint density at radius 1 is 0.720 bits per heavy atom. The Kier molecular flexibility index (Phi) is 6.04. The second-order valence-electron chi connectivity index (χ2n) is 5.82. The quantitative estimate of drug-likeness (QED) is 0.307. The summed E-state index contributed by atoms with van der Waals surface area (Å²) in [7, 11) is 0. The first kappa shape index (κ1) is 18.7. The van der Waals surface area contributed by atoms with Crippen molar-refractivity contribution in [3.8, 4) is 0 Å². The molecule has 3 aromatic carbocycles. The molecule has 0 aliphatic heterocycles. The van der Waals surface area contributed by atoms with Crippen LogP contribution in [0, 0.1) is 0 Å². The fourth-order valence-electron chi connectivity index (χ4n) is 3.12. The van der Waals surface area contributed by atoms with Gasteiger partial charge >= 0.3 is 169 Å². The molecule has 0 fully saturated rings. The van der Waals surface area contributed by atoms with Gasteiger partial charge in [-0.3, -0.25) is 0 Å². The maximum absolute atomic E-state index is 2.78. The second-order valence-corrected chi connectivity index (χ2v) is 17.0. The molecule has 0 bridgehead atoms. The van der Waals surface area contributed by atoms with Gasteiger partial charge in [0.15, 0.2) is 0 Å². The van der Waals surface area contributed by atoms with Crippen molar-refractivity contribution in [2.24, 2.45) is 0 Å². The number of rotatable bonds is 6. The van der Waals surface area contributed by atoms with E-state index in [-0.39, 0.29) is 0 Å². The van der Waals surface area contributed by atoms with Crippen molar-refractivity contribution in [1.82, 2.24) is 0 Å². The van der Waals surface area contributed by atoms with Crippen LogP contribution in [0.25, 0.3) is 0 Å². The van der Waals surface area contributed by atoms with Gasteiger partial charge in [0.2, 0.25) is 0 Å². The van der Waals surface area contributed by atoms with Crippen molar-refractivity contribution in [3.63, 3.8) is 0 Å². The molecule has 0 atom stereocenters. The van der Waals surface area contributed by atoms with Gasteiger partial charge in [-0.15, -0.1) is 0 Å². The third-order valence-corrected chi connectivity index (χ3v) is 15.9. The summed E-state index contributed by atoms with van der Waals surface area (Å²) >= 11 is 4.64. The van der Waals surface area contributed by atoms with Gasteiger partial charge in [-0.05, 0) is 0 Å². The molecular weight excluding hydrogens is 454 g/mol. The van der Waals surface area contributed by atoms with E-state index >= 15 is 0 Å². The van der Waals surface area contributed by atoms with E-state index in [1.165, 1.54) is 15.9 Å². The van der Waals surface area contributed by atoms with Crippen molar-refractivity contribution in [2.45, 2.75) is 6.92 Å². The monoisotopic (exact) mass is 476 g/mol. The van der Waals surface area contributed by atoms with E-state index in [0.717, 1.165) is 5.75 Å². The van der Waals surface area contributed by atoms with Gasteiger partial charge in [0, 0.05) is 0 Å². The van der Waals surface area contributed by atoms with E-state index in [2.05, 4.69) is 131 Å². The van der Waals surface area contributed by atoms with Crippen LogP contribution >= 0.6 is 38.0 Å². The molecule has 0 nitrogen and oxygen atoms in total. The summed E-state index contributed by atoms with van der Waals surface area (Å²) in [5.74, 6) is 3.57. The van der Waals surface area contributed by atoms with Crippen LogP contribution in [0.2, 0.25) is 0 Å². The fourth-order valence-corrected chi connectivity index (χ4v) is 12.3. The standard InChI is InChI=1S/C22H22IPS/c1-2-25-19-18-24(23,20-12-6-3-7-13-20,21-14-8-4-9-15-21)22-16-10-5-11-17-22/h3-19H,2H2,1H3/b19-18+. The van der Waals surface area contributed by atoms with Gasteiger partial charge in [0.05, 0.1) is 0 Å². The predicted molar refractivity (Wildman–Crippen MR) is 126 cm³/mol. The topological polar surface area (TPSA) is 0 Å². The van der Waals surface area contributed by atoms with E-state index in [1.807, 2.05) is 11.8 Å². The molecule has 0 radical (unpaired) electrons. The molecule has 0 saturated heterocycles. The zero-order valence-corrected chi connectivity index (χ0v) is 18.1. The van der Waals surface area contributed by atoms with Crippen LogP contribution in [0.5, 0.6) is 0 Å². The van der Waals surface area contributed by atoms with Gasteiger partial charge in [-0.25, -0.2) is 0 Å². The van der Waals surface area contributed by atoms with E-state index in [9.17, 15) is 0 Å². The molecule has 0 aromatic heterocycles. The SMILES string of the molecule is CCS/C=C/P(I)(c1ccccc1)(c1ccccc1)c1ccccc1. The van der Waals surface area contributed by atoms with E-state index < -0.39 is 4.25 Å². The Morgan fingerprint density at radius 3 is 1.40 bits per heavy atom. The Bertz CT molecular complexity index is 732. The first-order chi connectivity index (χ1) is 12.2. The van der Waals surface area contributed by atoms with Gasteiger partial charge < -0.3 is 0 Å². The molecule has 0 saturated carbocycles. The Hall–Kier alpha value is -1.09. The Labute approximate surface area is 168 Å². The van der Waals surface area contributed by atoms with Gasteiger partial charge in [-0.1, -0.05) is 0 Å². The van der Waals surface area contributed by atoms with Crippen LogP contribution in [0.1, 0.15) is 6.92 Å². The van der Waals surface area contributed by atoms with Crippen LogP contribution in [0.4, 0.5) is 0 Å². The minimum atomic E-state index is -2.70. The Balaban J connectivity index is 2.40. The summed E-state index contributed by atoms with van der Waals surface area (Å²) in [4.78, 5) is 0. The second kappa shape index (κ2) is 8.07. The average molecular weight is 476 g/mol. The maximum atomic E-state index is 2.78. The number of benzene rings is 3. The molecule has 0 heterocycles. The first-order valence-corrected chi connectivity index (χ1v) is 14.5.